The maximum absolute atomic E-state index is 15.1. The molecule has 2 saturated carbocycles. The number of ether oxygens (including phenoxy) is 2. The third kappa shape index (κ3) is 5.74. The van der Waals surface area contributed by atoms with Crippen molar-refractivity contribution in [2.75, 3.05) is 7.11 Å². The molecule has 2 aromatic rings. The van der Waals surface area contributed by atoms with E-state index >= 15 is 4.39 Å². The average molecular weight is 487 g/mol. The molecule has 188 valence electrons. The monoisotopic (exact) mass is 486 g/mol. The maximum Gasteiger partial charge on any atom is 0.343 e. The number of carbonyl (C=O) groups is 1. The van der Waals surface area contributed by atoms with Crippen LogP contribution in [-0.4, -0.2) is 13.1 Å². The normalized spacial score (nSPS) is 24.3. The smallest absolute Gasteiger partial charge is 0.343 e. The minimum absolute atomic E-state index is 0.0443. The molecule has 2 aromatic carbocycles. The van der Waals surface area contributed by atoms with Gasteiger partial charge in [-0.25, -0.2) is 9.18 Å². The van der Waals surface area contributed by atoms with E-state index in [9.17, 15) is 13.6 Å². The van der Waals surface area contributed by atoms with Crippen LogP contribution in [0.25, 0.3) is 0 Å². The van der Waals surface area contributed by atoms with Crippen molar-refractivity contribution in [3.05, 3.63) is 71.1 Å². The molecular formula is C29H33F3O3. The van der Waals surface area contributed by atoms with Crippen LogP contribution in [0.1, 0.15) is 80.1 Å². The lowest BCUT2D eigenvalue weighted by Gasteiger charge is -2.42. The highest BCUT2D eigenvalue weighted by Crippen LogP contribution is 2.48. The fourth-order valence-electron chi connectivity index (χ4n) is 5.92. The Kier molecular flexibility index (Phi) is 8.19. The summed E-state index contributed by atoms with van der Waals surface area (Å²) in [7, 11) is 1.21. The van der Waals surface area contributed by atoms with Crippen LogP contribution in [-0.2, 0) is 0 Å². The van der Waals surface area contributed by atoms with Crippen LogP contribution in [0.2, 0.25) is 0 Å². The van der Waals surface area contributed by atoms with Gasteiger partial charge in [-0.2, -0.15) is 8.78 Å². The molecule has 0 bridgehead atoms. The van der Waals surface area contributed by atoms with Crippen molar-refractivity contribution >= 4 is 5.97 Å². The van der Waals surface area contributed by atoms with Gasteiger partial charge in [-0.1, -0.05) is 24.6 Å². The molecule has 6 heteroatoms. The molecule has 0 N–H and O–H groups in total. The van der Waals surface area contributed by atoms with Gasteiger partial charge >= 0.3 is 5.97 Å². The Morgan fingerprint density at radius 1 is 0.971 bits per heavy atom. The Labute approximate surface area is 205 Å². The van der Waals surface area contributed by atoms with E-state index in [1.54, 1.807) is 6.07 Å². The van der Waals surface area contributed by atoms with Crippen LogP contribution in [0.3, 0.4) is 0 Å². The molecule has 0 spiro atoms. The van der Waals surface area contributed by atoms with Crippen molar-refractivity contribution in [3.63, 3.8) is 0 Å². The first kappa shape index (κ1) is 25.3. The summed E-state index contributed by atoms with van der Waals surface area (Å²) < 4.78 is 52.8. The number of carbonyl (C=O) groups excluding carboxylic acids is 1. The van der Waals surface area contributed by atoms with Gasteiger partial charge in [-0.3, -0.25) is 0 Å². The lowest BCUT2D eigenvalue weighted by atomic mass is 9.63. The highest BCUT2D eigenvalue weighted by Gasteiger charge is 2.36. The molecule has 0 aliphatic heterocycles. The summed E-state index contributed by atoms with van der Waals surface area (Å²) in [4.78, 5) is 12.5. The quantitative estimate of drug-likeness (QED) is 0.226. The Bertz CT molecular complexity index is 1080. The van der Waals surface area contributed by atoms with Crippen LogP contribution >= 0.6 is 0 Å². The van der Waals surface area contributed by atoms with E-state index in [1.807, 2.05) is 0 Å². The van der Waals surface area contributed by atoms with Crippen molar-refractivity contribution in [2.24, 2.45) is 17.8 Å². The number of allylic oxidation sites excluding steroid dienone is 2. The van der Waals surface area contributed by atoms with Crippen molar-refractivity contribution in [1.29, 1.82) is 0 Å². The summed E-state index contributed by atoms with van der Waals surface area (Å²) in [5, 5.41) is 0. The van der Waals surface area contributed by atoms with Crippen molar-refractivity contribution < 1.29 is 27.4 Å². The van der Waals surface area contributed by atoms with Gasteiger partial charge in [0.15, 0.2) is 11.5 Å². The molecule has 4 atom stereocenters. The maximum atomic E-state index is 15.1. The summed E-state index contributed by atoms with van der Waals surface area (Å²) in [6, 6.07) is 6.55. The standard InChI is InChI=1S/C29H33F3O3/c1-3-4-5-6-18-7-8-20-16-21(10-9-19(20)15-18)23-12-11-22(17-24(23)30)29(33)35-26-14-13-25(34-2)27(31)28(26)32/h3-4,11-14,17-21H,5-10,15-16H2,1-2H3/b4-3+. The number of methoxy groups -OCH3 is 1. The van der Waals surface area contributed by atoms with Crippen LogP contribution in [0.15, 0.2) is 42.5 Å². The zero-order chi connectivity index (χ0) is 24.9. The van der Waals surface area contributed by atoms with Gasteiger partial charge in [-0.15, -0.1) is 0 Å². The summed E-state index contributed by atoms with van der Waals surface area (Å²) in [5.41, 5.74) is 0.578. The van der Waals surface area contributed by atoms with Crippen LogP contribution in [0.5, 0.6) is 11.5 Å². The Balaban J connectivity index is 1.38. The summed E-state index contributed by atoms with van der Waals surface area (Å²) in [6.45, 7) is 2.06. The average Bonchev–Trinajstić information content (AvgIpc) is 2.86. The molecule has 3 nitrogen and oxygen atoms in total. The second-order valence-electron chi connectivity index (χ2n) is 9.88. The molecule has 4 rings (SSSR count). The number of benzene rings is 2. The van der Waals surface area contributed by atoms with Crippen LogP contribution in [0, 0.1) is 35.2 Å². The summed E-state index contributed by atoms with van der Waals surface area (Å²) in [6.07, 6.45) is 13.6. The molecule has 0 heterocycles. The number of hydrogen-bond donors (Lipinski definition) is 0. The first-order chi connectivity index (χ1) is 16.9. The Morgan fingerprint density at radius 3 is 2.43 bits per heavy atom. The first-order valence-corrected chi connectivity index (χ1v) is 12.6. The van der Waals surface area contributed by atoms with E-state index < -0.39 is 29.2 Å². The minimum Gasteiger partial charge on any atom is -0.494 e. The predicted molar refractivity (Wildman–Crippen MR) is 129 cm³/mol. The SMILES string of the molecule is C/C=C/CCC1CCC2CC(c3ccc(C(=O)Oc4ccc(OC)c(F)c4F)cc3F)CCC2C1. The summed E-state index contributed by atoms with van der Waals surface area (Å²) in [5.74, 6) is -2.56. The van der Waals surface area contributed by atoms with E-state index in [4.69, 9.17) is 9.47 Å². The zero-order valence-electron chi connectivity index (χ0n) is 20.4. The first-order valence-electron chi connectivity index (χ1n) is 12.6. The van der Waals surface area contributed by atoms with Gasteiger partial charge in [0.25, 0.3) is 0 Å². The fraction of sp³-hybridized carbons (Fsp3) is 0.483. The summed E-state index contributed by atoms with van der Waals surface area (Å²) >= 11 is 0. The van der Waals surface area contributed by atoms with Crippen molar-refractivity contribution in [3.8, 4) is 11.5 Å². The third-order valence-electron chi connectivity index (χ3n) is 7.81. The van der Waals surface area contributed by atoms with Crippen LogP contribution in [0.4, 0.5) is 13.2 Å². The second-order valence-corrected chi connectivity index (χ2v) is 9.88. The van der Waals surface area contributed by atoms with Crippen molar-refractivity contribution in [2.45, 2.75) is 64.2 Å². The molecule has 2 fully saturated rings. The number of rotatable bonds is 7. The largest absolute Gasteiger partial charge is 0.494 e. The van der Waals surface area contributed by atoms with Gasteiger partial charge < -0.3 is 9.47 Å². The van der Waals surface area contributed by atoms with E-state index in [0.717, 1.165) is 55.7 Å². The predicted octanol–water partition coefficient (Wildman–Crippen LogP) is 7.99. The Hall–Kier alpha value is -2.76. The topological polar surface area (TPSA) is 35.5 Å². The molecule has 2 aliphatic carbocycles. The number of esters is 1. The molecule has 0 aromatic heterocycles. The molecule has 0 radical (unpaired) electrons. The van der Waals surface area contributed by atoms with Crippen LogP contribution < -0.4 is 9.47 Å². The highest BCUT2D eigenvalue weighted by atomic mass is 19.2. The van der Waals surface area contributed by atoms with Gasteiger partial charge in [0, 0.05) is 0 Å². The van der Waals surface area contributed by atoms with Crippen molar-refractivity contribution in [1.82, 2.24) is 0 Å². The molecule has 0 saturated heterocycles. The van der Waals surface area contributed by atoms with Gasteiger partial charge in [-0.05, 0) is 105 Å². The minimum atomic E-state index is -1.33. The third-order valence-corrected chi connectivity index (χ3v) is 7.81. The van der Waals surface area contributed by atoms with Gasteiger partial charge in [0.2, 0.25) is 11.6 Å². The van der Waals surface area contributed by atoms with E-state index in [2.05, 4.69) is 19.1 Å². The van der Waals surface area contributed by atoms with E-state index in [1.165, 1.54) is 38.9 Å². The number of halogens is 3. The Morgan fingerprint density at radius 2 is 1.69 bits per heavy atom. The highest BCUT2D eigenvalue weighted by molar-refractivity contribution is 5.91. The van der Waals surface area contributed by atoms with E-state index in [0.29, 0.717) is 11.5 Å². The number of fused-ring (bicyclic) bond motifs is 1. The van der Waals surface area contributed by atoms with Gasteiger partial charge in [0.05, 0.1) is 12.7 Å². The second kappa shape index (κ2) is 11.3. The molecular weight excluding hydrogens is 453 g/mol. The lowest BCUT2D eigenvalue weighted by molar-refractivity contribution is 0.0725. The van der Waals surface area contributed by atoms with E-state index in [-0.39, 0.29) is 17.2 Å². The molecule has 4 unspecified atom stereocenters. The molecule has 35 heavy (non-hydrogen) atoms. The number of hydrogen-bond acceptors (Lipinski definition) is 3. The molecule has 0 amide bonds. The lowest BCUT2D eigenvalue weighted by Crippen LogP contribution is -2.30. The fourth-order valence-corrected chi connectivity index (χ4v) is 5.92. The molecule has 2 aliphatic rings. The van der Waals surface area contributed by atoms with Gasteiger partial charge in [0.1, 0.15) is 5.82 Å². The zero-order valence-corrected chi connectivity index (χ0v) is 20.4.